The predicted molar refractivity (Wildman–Crippen MR) is 80.5 cm³/mol. The number of carbonyl (C=O) groups is 1. The minimum absolute atomic E-state index is 0.0146. The number of rotatable bonds is 2. The highest BCUT2D eigenvalue weighted by molar-refractivity contribution is 5.96. The molecule has 0 spiro atoms. The summed E-state index contributed by atoms with van der Waals surface area (Å²) >= 11 is 0. The summed E-state index contributed by atoms with van der Waals surface area (Å²) in [5.74, 6) is 5.82. The zero-order chi connectivity index (χ0) is 14.5. The molecule has 1 saturated heterocycles. The highest BCUT2D eigenvalue weighted by Crippen LogP contribution is 2.14. The third-order valence-electron chi connectivity index (χ3n) is 3.63. The van der Waals surface area contributed by atoms with Gasteiger partial charge in [-0.1, -0.05) is 17.9 Å². The molecule has 1 heterocycles. The molecule has 0 saturated carbocycles. The van der Waals surface area contributed by atoms with Crippen LogP contribution in [0, 0.1) is 18.8 Å². The minimum atomic E-state index is -0.0146. The van der Waals surface area contributed by atoms with Crippen LogP contribution in [0.25, 0.3) is 0 Å². The highest BCUT2D eigenvalue weighted by Gasteiger charge is 2.22. The van der Waals surface area contributed by atoms with E-state index in [0.29, 0.717) is 12.1 Å². The maximum atomic E-state index is 12.4. The van der Waals surface area contributed by atoms with E-state index in [-0.39, 0.29) is 11.9 Å². The molecule has 3 N–H and O–H groups in total. The molecule has 106 valence electrons. The Kier molecular flexibility index (Phi) is 4.78. The third-order valence-corrected chi connectivity index (χ3v) is 3.63. The van der Waals surface area contributed by atoms with E-state index in [2.05, 4.69) is 29.1 Å². The summed E-state index contributed by atoms with van der Waals surface area (Å²) < 4.78 is 0. The molecule has 2 rings (SSSR count). The van der Waals surface area contributed by atoms with E-state index < -0.39 is 0 Å². The van der Waals surface area contributed by atoms with Gasteiger partial charge in [0.25, 0.3) is 5.91 Å². The Balaban J connectivity index is 2.13. The van der Waals surface area contributed by atoms with Gasteiger partial charge in [0.1, 0.15) is 0 Å². The van der Waals surface area contributed by atoms with Crippen molar-refractivity contribution in [1.29, 1.82) is 0 Å². The predicted octanol–water partition coefficient (Wildman–Crippen LogP) is 0.739. The summed E-state index contributed by atoms with van der Waals surface area (Å²) in [6.45, 7) is 4.20. The molecule has 0 aliphatic carbocycles. The Labute approximate surface area is 120 Å². The monoisotopic (exact) mass is 271 g/mol. The van der Waals surface area contributed by atoms with Crippen LogP contribution < -0.4 is 11.1 Å². The van der Waals surface area contributed by atoms with Crippen molar-refractivity contribution < 1.29 is 4.79 Å². The maximum Gasteiger partial charge on any atom is 0.251 e. The minimum Gasteiger partial charge on any atom is -0.348 e. The van der Waals surface area contributed by atoms with Crippen LogP contribution in [0.2, 0.25) is 0 Å². The molecule has 1 atom stereocenters. The van der Waals surface area contributed by atoms with Gasteiger partial charge in [-0.3, -0.25) is 4.79 Å². The van der Waals surface area contributed by atoms with Crippen molar-refractivity contribution in [2.75, 3.05) is 26.7 Å². The molecular weight excluding hydrogens is 250 g/mol. The van der Waals surface area contributed by atoms with Crippen LogP contribution >= 0.6 is 0 Å². The van der Waals surface area contributed by atoms with Gasteiger partial charge in [0, 0.05) is 23.7 Å². The summed E-state index contributed by atoms with van der Waals surface area (Å²) in [5, 5.41) is 3.10. The fourth-order valence-corrected chi connectivity index (χ4v) is 2.48. The molecule has 0 bridgehead atoms. The van der Waals surface area contributed by atoms with Crippen molar-refractivity contribution in [2.24, 2.45) is 5.73 Å². The SMILES string of the molecule is Cc1c(C#CCN)cccc1C(=O)NC1CCN(C)C1. The van der Waals surface area contributed by atoms with Crippen molar-refractivity contribution >= 4 is 5.91 Å². The van der Waals surface area contributed by atoms with E-state index in [0.717, 1.165) is 30.6 Å². The Morgan fingerprint density at radius 2 is 2.35 bits per heavy atom. The number of nitrogens with two attached hydrogens (primary N) is 1. The molecule has 0 aromatic heterocycles. The van der Waals surface area contributed by atoms with Gasteiger partial charge in [-0.2, -0.15) is 0 Å². The average molecular weight is 271 g/mol. The summed E-state index contributed by atoms with van der Waals surface area (Å²) in [5.41, 5.74) is 7.87. The van der Waals surface area contributed by atoms with Crippen LogP contribution in [0.4, 0.5) is 0 Å². The molecular formula is C16H21N3O. The van der Waals surface area contributed by atoms with E-state index in [9.17, 15) is 4.79 Å². The van der Waals surface area contributed by atoms with Gasteiger partial charge < -0.3 is 16.0 Å². The number of hydrogen-bond acceptors (Lipinski definition) is 3. The van der Waals surface area contributed by atoms with Gasteiger partial charge in [0.05, 0.1) is 6.54 Å². The van der Waals surface area contributed by atoms with E-state index in [1.165, 1.54) is 0 Å². The summed E-state index contributed by atoms with van der Waals surface area (Å²) in [6.07, 6.45) is 1.01. The Morgan fingerprint density at radius 3 is 3.00 bits per heavy atom. The van der Waals surface area contributed by atoms with E-state index in [1.54, 1.807) is 0 Å². The molecule has 1 aliphatic heterocycles. The van der Waals surface area contributed by atoms with Gasteiger partial charge in [0.2, 0.25) is 0 Å². The Bertz CT molecular complexity index is 557. The number of amides is 1. The number of likely N-dealkylation sites (N-methyl/N-ethyl adjacent to an activating group) is 1. The standard InChI is InChI=1S/C16H21N3O/c1-12-13(6-4-9-17)5-3-7-15(12)16(20)18-14-8-10-19(2)11-14/h3,5,7,14H,8-11,17H2,1-2H3,(H,18,20). The maximum absolute atomic E-state index is 12.4. The average Bonchev–Trinajstić information content (AvgIpc) is 2.83. The lowest BCUT2D eigenvalue weighted by Gasteiger charge is -2.14. The number of benzene rings is 1. The number of nitrogens with one attached hydrogen (secondary N) is 1. The van der Waals surface area contributed by atoms with E-state index >= 15 is 0 Å². The first-order valence-corrected chi connectivity index (χ1v) is 6.89. The molecule has 4 heteroatoms. The molecule has 1 amide bonds. The zero-order valence-corrected chi connectivity index (χ0v) is 12.1. The molecule has 1 aliphatic rings. The third kappa shape index (κ3) is 3.38. The second-order valence-corrected chi connectivity index (χ2v) is 5.21. The van der Waals surface area contributed by atoms with E-state index in [1.807, 2.05) is 25.1 Å². The lowest BCUT2D eigenvalue weighted by molar-refractivity contribution is 0.0938. The van der Waals surface area contributed by atoms with Gasteiger partial charge in [-0.05, 0) is 44.6 Å². The largest absolute Gasteiger partial charge is 0.348 e. The first-order chi connectivity index (χ1) is 9.61. The quantitative estimate of drug-likeness (QED) is 0.780. The first kappa shape index (κ1) is 14.6. The van der Waals surface area contributed by atoms with Crippen LogP contribution in [0.1, 0.15) is 27.9 Å². The van der Waals surface area contributed by atoms with Crippen molar-refractivity contribution in [2.45, 2.75) is 19.4 Å². The van der Waals surface area contributed by atoms with Crippen LogP contribution in [0.3, 0.4) is 0 Å². The van der Waals surface area contributed by atoms with Gasteiger partial charge >= 0.3 is 0 Å². The highest BCUT2D eigenvalue weighted by atomic mass is 16.1. The number of nitrogens with zero attached hydrogens (tertiary/aromatic N) is 1. The molecule has 1 fully saturated rings. The summed E-state index contributed by atoms with van der Waals surface area (Å²) in [7, 11) is 2.07. The Hall–Kier alpha value is -1.83. The number of likely N-dealkylation sites (tertiary alicyclic amines) is 1. The molecule has 1 aromatic carbocycles. The molecule has 0 radical (unpaired) electrons. The second kappa shape index (κ2) is 6.56. The van der Waals surface area contributed by atoms with Crippen molar-refractivity contribution in [3.8, 4) is 11.8 Å². The fourth-order valence-electron chi connectivity index (χ4n) is 2.48. The molecule has 20 heavy (non-hydrogen) atoms. The second-order valence-electron chi connectivity index (χ2n) is 5.21. The molecule has 4 nitrogen and oxygen atoms in total. The van der Waals surface area contributed by atoms with Gasteiger partial charge in [0.15, 0.2) is 0 Å². The Morgan fingerprint density at radius 1 is 1.55 bits per heavy atom. The van der Waals surface area contributed by atoms with Crippen molar-refractivity contribution in [3.05, 3.63) is 34.9 Å². The van der Waals surface area contributed by atoms with E-state index in [4.69, 9.17) is 5.73 Å². The van der Waals surface area contributed by atoms with Crippen LogP contribution in [0.5, 0.6) is 0 Å². The van der Waals surface area contributed by atoms with Crippen LogP contribution in [-0.4, -0.2) is 43.5 Å². The number of hydrogen-bond donors (Lipinski definition) is 2. The van der Waals surface area contributed by atoms with Crippen molar-refractivity contribution in [1.82, 2.24) is 10.2 Å². The van der Waals surface area contributed by atoms with Crippen molar-refractivity contribution in [3.63, 3.8) is 0 Å². The van der Waals surface area contributed by atoms with Gasteiger partial charge in [-0.15, -0.1) is 0 Å². The lowest BCUT2D eigenvalue weighted by atomic mass is 10.0. The topological polar surface area (TPSA) is 58.4 Å². The van der Waals surface area contributed by atoms with Gasteiger partial charge in [-0.25, -0.2) is 0 Å². The molecule has 1 unspecified atom stereocenters. The molecule has 1 aromatic rings. The lowest BCUT2D eigenvalue weighted by Crippen LogP contribution is -2.36. The zero-order valence-electron chi connectivity index (χ0n) is 12.1. The van der Waals surface area contributed by atoms with Crippen LogP contribution in [-0.2, 0) is 0 Å². The fraction of sp³-hybridized carbons (Fsp3) is 0.438. The smallest absolute Gasteiger partial charge is 0.251 e. The number of carbonyl (C=O) groups excluding carboxylic acids is 1. The first-order valence-electron chi connectivity index (χ1n) is 6.89. The van der Waals surface area contributed by atoms with Crippen LogP contribution in [0.15, 0.2) is 18.2 Å². The normalized spacial score (nSPS) is 18.4. The summed E-state index contributed by atoms with van der Waals surface area (Å²) in [6, 6.07) is 5.86. The summed E-state index contributed by atoms with van der Waals surface area (Å²) in [4.78, 5) is 14.6.